The molecule has 1 aromatic rings. The number of rotatable bonds is 0. The van der Waals surface area contributed by atoms with Crippen molar-refractivity contribution in [2.45, 2.75) is 37.2 Å². The largest absolute Gasteiger partial charge is 0.392 e. The van der Waals surface area contributed by atoms with Gasteiger partial charge in [0, 0.05) is 11.3 Å². The molecule has 0 heterocycles. The highest BCUT2D eigenvalue weighted by molar-refractivity contribution is 5.48. The van der Waals surface area contributed by atoms with Crippen molar-refractivity contribution in [3.8, 4) is 0 Å². The highest BCUT2D eigenvalue weighted by atomic mass is 16.3. The number of aliphatic hydroxyl groups excluding tert-OH is 1. The molecule has 1 nitrogen and oxygen atoms in total. The first kappa shape index (κ1) is 7.57. The molecule has 13 heavy (non-hydrogen) atoms. The van der Waals surface area contributed by atoms with Crippen LogP contribution in [-0.4, -0.2) is 11.2 Å². The Bertz CT molecular complexity index is 352. The maximum absolute atomic E-state index is 10.1. The molecule has 2 aliphatic carbocycles. The fourth-order valence-electron chi connectivity index (χ4n) is 2.86. The zero-order valence-electron chi connectivity index (χ0n) is 7.83. The first-order chi connectivity index (χ1) is 6.26. The number of benzene rings is 1. The van der Waals surface area contributed by atoms with Crippen LogP contribution in [0.5, 0.6) is 0 Å². The lowest BCUT2D eigenvalue weighted by Gasteiger charge is -2.15. The second kappa shape index (κ2) is 2.16. The van der Waals surface area contributed by atoms with Crippen molar-refractivity contribution in [1.29, 1.82) is 0 Å². The maximum Gasteiger partial charge on any atom is 0.0702 e. The summed E-state index contributed by atoms with van der Waals surface area (Å²) in [4.78, 5) is 0. The van der Waals surface area contributed by atoms with Crippen LogP contribution in [-0.2, 0) is 5.41 Å². The van der Waals surface area contributed by atoms with Gasteiger partial charge >= 0.3 is 0 Å². The molecule has 0 bridgehead atoms. The van der Waals surface area contributed by atoms with Crippen molar-refractivity contribution in [2.24, 2.45) is 0 Å². The molecular formula is C12H14O. The lowest BCUT2D eigenvalue weighted by molar-refractivity contribution is 0.124. The lowest BCUT2D eigenvalue weighted by atomic mass is 9.96. The zero-order valence-corrected chi connectivity index (χ0v) is 7.83. The molecule has 1 spiro atoms. The Morgan fingerprint density at radius 2 is 2.00 bits per heavy atom. The van der Waals surface area contributed by atoms with Gasteiger partial charge in [-0.3, -0.25) is 0 Å². The first-order valence-corrected chi connectivity index (χ1v) is 5.03. The molecule has 0 amide bonds. The van der Waals surface area contributed by atoms with Gasteiger partial charge in [0.2, 0.25) is 0 Å². The van der Waals surface area contributed by atoms with Crippen LogP contribution in [0.2, 0.25) is 0 Å². The van der Waals surface area contributed by atoms with Gasteiger partial charge in [0.25, 0.3) is 0 Å². The molecule has 0 aromatic heterocycles. The van der Waals surface area contributed by atoms with Crippen molar-refractivity contribution >= 4 is 0 Å². The van der Waals surface area contributed by atoms with Gasteiger partial charge in [0.15, 0.2) is 0 Å². The maximum atomic E-state index is 10.1. The van der Waals surface area contributed by atoms with E-state index in [-0.39, 0.29) is 11.5 Å². The van der Waals surface area contributed by atoms with E-state index in [2.05, 4.69) is 31.2 Å². The average molecular weight is 174 g/mol. The van der Waals surface area contributed by atoms with Gasteiger partial charge in [-0.25, -0.2) is 0 Å². The van der Waals surface area contributed by atoms with Crippen molar-refractivity contribution in [3.63, 3.8) is 0 Å². The van der Waals surface area contributed by atoms with Crippen LogP contribution >= 0.6 is 0 Å². The smallest absolute Gasteiger partial charge is 0.0702 e. The molecule has 0 aliphatic heterocycles. The molecule has 3 rings (SSSR count). The summed E-state index contributed by atoms with van der Waals surface area (Å²) in [5.41, 5.74) is 2.94. The monoisotopic (exact) mass is 174 g/mol. The summed E-state index contributed by atoms with van der Waals surface area (Å²) in [5, 5.41) is 10.1. The molecule has 1 N–H and O–H groups in total. The van der Waals surface area contributed by atoms with E-state index in [1.54, 1.807) is 0 Å². The molecule has 1 aromatic carbocycles. The quantitative estimate of drug-likeness (QED) is 0.639. The minimum Gasteiger partial charge on any atom is -0.392 e. The van der Waals surface area contributed by atoms with E-state index in [0.717, 1.165) is 0 Å². The third kappa shape index (κ3) is 0.761. The van der Waals surface area contributed by atoms with Crippen LogP contribution in [0.3, 0.4) is 0 Å². The van der Waals surface area contributed by atoms with E-state index in [9.17, 15) is 5.11 Å². The Hall–Kier alpha value is -0.820. The highest BCUT2D eigenvalue weighted by Crippen LogP contribution is 2.60. The SMILES string of the molecule is CC1c2ccccc2C2(CC2)C1O. The second-order valence-electron chi connectivity index (χ2n) is 4.48. The Kier molecular flexibility index (Phi) is 1.26. The topological polar surface area (TPSA) is 20.2 Å². The molecule has 2 atom stereocenters. The molecule has 0 radical (unpaired) electrons. The van der Waals surface area contributed by atoms with Gasteiger partial charge < -0.3 is 5.11 Å². The van der Waals surface area contributed by atoms with Crippen molar-refractivity contribution in [3.05, 3.63) is 35.4 Å². The Labute approximate surface area is 78.4 Å². The minimum atomic E-state index is -0.134. The summed E-state index contributed by atoms with van der Waals surface area (Å²) >= 11 is 0. The van der Waals surface area contributed by atoms with Gasteiger partial charge in [0.05, 0.1) is 6.10 Å². The van der Waals surface area contributed by atoms with Crippen molar-refractivity contribution in [2.75, 3.05) is 0 Å². The molecule has 1 heteroatoms. The predicted octanol–water partition coefficient (Wildman–Crippen LogP) is 2.20. The predicted molar refractivity (Wildman–Crippen MR) is 51.8 cm³/mol. The Morgan fingerprint density at radius 1 is 1.31 bits per heavy atom. The van der Waals surface area contributed by atoms with E-state index in [1.807, 2.05) is 0 Å². The summed E-state index contributed by atoms with van der Waals surface area (Å²) < 4.78 is 0. The summed E-state index contributed by atoms with van der Waals surface area (Å²) in [6.45, 7) is 2.14. The number of hydrogen-bond acceptors (Lipinski definition) is 1. The third-order valence-corrected chi connectivity index (χ3v) is 3.82. The summed E-state index contributed by atoms with van der Waals surface area (Å²) in [6.07, 6.45) is 2.22. The number of aliphatic hydroxyl groups is 1. The standard InChI is InChI=1S/C12H14O/c1-8-9-4-2-3-5-10(9)12(6-7-12)11(8)13/h2-5,8,11,13H,6-7H2,1H3. The van der Waals surface area contributed by atoms with Crippen molar-refractivity contribution in [1.82, 2.24) is 0 Å². The van der Waals surface area contributed by atoms with Gasteiger partial charge in [-0.2, -0.15) is 0 Å². The lowest BCUT2D eigenvalue weighted by Crippen LogP contribution is -2.22. The molecule has 1 saturated carbocycles. The minimum absolute atomic E-state index is 0.134. The van der Waals surface area contributed by atoms with Crippen LogP contribution in [0.15, 0.2) is 24.3 Å². The molecule has 68 valence electrons. The van der Waals surface area contributed by atoms with Crippen LogP contribution in [0.4, 0.5) is 0 Å². The first-order valence-electron chi connectivity index (χ1n) is 5.03. The summed E-state index contributed by atoms with van der Waals surface area (Å²) in [6, 6.07) is 8.51. The van der Waals surface area contributed by atoms with Crippen molar-refractivity contribution < 1.29 is 5.11 Å². The molecule has 0 saturated heterocycles. The van der Waals surface area contributed by atoms with Crippen LogP contribution < -0.4 is 0 Å². The molecule has 2 unspecified atom stereocenters. The van der Waals surface area contributed by atoms with Gasteiger partial charge in [0.1, 0.15) is 0 Å². The fourth-order valence-corrected chi connectivity index (χ4v) is 2.86. The normalized spacial score (nSPS) is 33.4. The van der Waals surface area contributed by atoms with E-state index >= 15 is 0 Å². The van der Waals surface area contributed by atoms with Crippen LogP contribution in [0.1, 0.15) is 36.8 Å². The highest BCUT2D eigenvalue weighted by Gasteiger charge is 2.57. The zero-order chi connectivity index (χ0) is 9.05. The fraction of sp³-hybridized carbons (Fsp3) is 0.500. The summed E-state index contributed by atoms with van der Waals surface area (Å²) in [7, 11) is 0. The Morgan fingerprint density at radius 3 is 2.69 bits per heavy atom. The number of fused-ring (bicyclic) bond motifs is 2. The average Bonchev–Trinajstić information content (AvgIpc) is 2.93. The van der Waals surface area contributed by atoms with Gasteiger partial charge in [-0.15, -0.1) is 0 Å². The van der Waals surface area contributed by atoms with Crippen LogP contribution in [0.25, 0.3) is 0 Å². The van der Waals surface area contributed by atoms with E-state index in [0.29, 0.717) is 5.92 Å². The van der Waals surface area contributed by atoms with Crippen LogP contribution in [0, 0.1) is 0 Å². The Balaban J connectivity index is 2.22. The van der Waals surface area contributed by atoms with E-state index < -0.39 is 0 Å². The summed E-state index contributed by atoms with van der Waals surface area (Å²) in [5.74, 6) is 0.332. The van der Waals surface area contributed by atoms with Gasteiger partial charge in [-0.1, -0.05) is 31.2 Å². The molecule has 2 aliphatic rings. The van der Waals surface area contributed by atoms with E-state index in [1.165, 1.54) is 24.0 Å². The number of hydrogen-bond donors (Lipinski definition) is 1. The van der Waals surface area contributed by atoms with E-state index in [4.69, 9.17) is 0 Å². The third-order valence-electron chi connectivity index (χ3n) is 3.82. The van der Waals surface area contributed by atoms with Gasteiger partial charge in [-0.05, 0) is 24.0 Å². The molecular weight excluding hydrogens is 160 g/mol. The molecule has 1 fully saturated rings. The second-order valence-corrected chi connectivity index (χ2v) is 4.48.